The first-order valence-corrected chi connectivity index (χ1v) is 9.09. The van der Waals surface area contributed by atoms with Crippen LogP contribution >= 0.6 is 31.9 Å². The van der Waals surface area contributed by atoms with Crippen molar-refractivity contribution >= 4 is 43.7 Å². The summed E-state index contributed by atoms with van der Waals surface area (Å²) in [5.74, 6) is -0.0278. The summed E-state index contributed by atoms with van der Waals surface area (Å²) in [4.78, 5) is 22.8. The predicted molar refractivity (Wildman–Crippen MR) is 92.6 cm³/mol. The van der Waals surface area contributed by atoms with Crippen LogP contribution in [0.2, 0.25) is 0 Å². The van der Waals surface area contributed by atoms with E-state index >= 15 is 0 Å². The Bertz CT molecular complexity index is 278. The standard InChI is InChI=1S/C13H26Br2N4O2/c14-10(12(20)18-8-6-16)4-2-1-3-5-11(15)13(21)19-9-7-17/h10-11H,1-9,16-17H2,(H,18,20)(H,19,21). The largest absolute Gasteiger partial charge is 0.354 e. The molecule has 0 aromatic carbocycles. The number of hydrogen-bond acceptors (Lipinski definition) is 4. The van der Waals surface area contributed by atoms with Gasteiger partial charge in [0.25, 0.3) is 0 Å². The van der Waals surface area contributed by atoms with E-state index in [1.54, 1.807) is 0 Å². The van der Waals surface area contributed by atoms with Gasteiger partial charge in [0.2, 0.25) is 11.8 Å². The van der Waals surface area contributed by atoms with Crippen LogP contribution in [0.1, 0.15) is 32.1 Å². The summed E-state index contributed by atoms with van der Waals surface area (Å²) >= 11 is 6.74. The quantitative estimate of drug-likeness (QED) is 0.269. The zero-order valence-electron chi connectivity index (χ0n) is 12.2. The second kappa shape index (κ2) is 13.5. The van der Waals surface area contributed by atoms with Gasteiger partial charge >= 0.3 is 0 Å². The summed E-state index contributed by atoms with van der Waals surface area (Å²) in [6.45, 7) is 1.91. The molecule has 0 aliphatic rings. The molecule has 2 amide bonds. The van der Waals surface area contributed by atoms with E-state index in [4.69, 9.17) is 11.5 Å². The number of carbonyl (C=O) groups is 2. The van der Waals surface area contributed by atoms with Gasteiger partial charge in [-0.25, -0.2) is 0 Å². The van der Waals surface area contributed by atoms with Gasteiger partial charge in [-0.1, -0.05) is 51.1 Å². The molecule has 8 heteroatoms. The van der Waals surface area contributed by atoms with E-state index in [9.17, 15) is 9.59 Å². The van der Waals surface area contributed by atoms with Crippen LogP contribution in [-0.4, -0.2) is 47.6 Å². The molecule has 0 heterocycles. The number of nitrogens with one attached hydrogen (secondary N) is 2. The third kappa shape index (κ3) is 11.1. The average molecular weight is 430 g/mol. The van der Waals surface area contributed by atoms with Crippen LogP contribution in [0.4, 0.5) is 0 Å². The minimum atomic E-state index is -0.170. The van der Waals surface area contributed by atoms with E-state index < -0.39 is 0 Å². The lowest BCUT2D eigenvalue weighted by molar-refractivity contribution is -0.121. The Hall–Kier alpha value is -0.180. The summed E-state index contributed by atoms with van der Waals surface area (Å²) in [6.07, 6.45) is 4.43. The maximum absolute atomic E-state index is 11.6. The van der Waals surface area contributed by atoms with Gasteiger partial charge in [-0.15, -0.1) is 0 Å². The van der Waals surface area contributed by atoms with Crippen molar-refractivity contribution in [2.75, 3.05) is 26.2 Å². The molecule has 0 aliphatic heterocycles. The Labute approximate surface area is 143 Å². The molecule has 0 radical (unpaired) electrons. The van der Waals surface area contributed by atoms with E-state index in [0.717, 1.165) is 32.1 Å². The van der Waals surface area contributed by atoms with Crippen LogP contribution in [-0.2, 0) is 9.59 Å². The molecule has 6 N–H and O–H groups in total. The number of rotatable bonds is 12. The summed E-state index contributed by atoms with van der Waals surface area (Å²) in [7, 11) is 0. The predicted octanol–water partition coefficient (Wildman–Crippen LogP) is 0.614. The van der Waals surface area contributed by atoms with Gasteiger partial charge in [-0.2, -0.15) is 0 Å². The Morgan fingerprint density at radius 2 is 1.19 bits per heavy atom. The smallest absolute Gasteiger partial charge is 0.233 e. The van der Waals surface area contributed by atoms with Crippen molar-refractivity contribution in [3.63, 3.8) is 0 Å². The Morgan fingerprint density at radius 1 is 0.810 bits per heavy atom. The highest BCUT2D eigenvalue weighted by Crippen LogP contribution is 2.15. The van der Waals surface area contributed by atoms with Crippen LogP contribution in [0, 0.1) is 0 Å². The number of nitrogens with two attached hydrogens (primary N) is 2. The van der Waals surface area contributed by atoms with Crippen molar-refractivity contribution in [3.8, 4) is 0 Å². The Morgan fingerprint density at radius 3 is 1.52 bits per heavy atom. The van der Waals surface area contributed by atoms with Crippen LogP contribution in [0.3, 0.4) is 0 Å². The first-order chi connectivity index (χ1) is 10.0. The van der Waals surface area contributed by atoms with Crippen LogP contribution < -0.4 is 22.1 Å². The average Bonchev–Trinajstić information content (AvgIpc) is 2.49. The molecule has 0 aromatic heterocycles. The molecule has 2 atom stereocenters. The van der Waals surface area contributed by atoms with Crippen molar-refractivity contribution in [1.29, 1.82) is 0 Å². The van der Waals surface area contributed by atoms with Gasteiger partial charge in [0.1, 0.15) is 0 Å². The van der Waals surface area contributed by atoms with Crippen molar-refractivity contribution < 1.29 is 9.59 Å². The number of unbranched alkanes of at least 4 members (excludes halogenated alkanes) is 2. The number of amides is 2. The second-order valence-corrected chi connectivity index (χ2v) is 6.94. The van der Waals surface area contributed by atoms with Crippen molar-refractivity contribution in [2.24, 2.45) is 11.5 Å². The normalized spacial score (nSPS) is 13.5. The summed E-state index contributed by atoms with van der Waals surface area (Å²) in [6, 6.07) is 0. The molecule has 0 aliphatic carbocycles. The monoisotopic (exact) mass is 428 g/mol. The SMILES string of the molecule is NCCNC(=O)C(Br)CCCCCC(Br)C(=O)NCCN. The molecule has 124 valence electrons. The zero-order valence-corrected chi connectivity index (χ0v) is 15.4. The number of alkyl halides is 2. The number of hydrogen-bond donors (Lipinski definition) is 4. The Kier molecular flexibility index (Phi) is 13.4. The number of carbonyl (C=O) groups excluding carboxylic acids is 2. The highest BCUT2D eigenvalue weighted by molar-refractivity contribution is 9.10. The van der Waals surface area contributed by atoms with E-state index in [1.807, 2.05) is 0 Å². The third-order valence-electron chi connectivity index (χ3n) is 2.87. The van der Waals surface area contributed by atoms with Crippen LogP contribution in [0.5, 0.6) is 0 Å². The van der Waals surface area contributed by atoms with Crippen LogP contribution in [0.25, 0.3) is 0 Å². The van der Waals surface area contributed by atoms with Gasteiger partial charge in [-0.3, -0.25) is 9.59 Å². The first-order valence-electron chi connectivity index (χ1n) is 7.26. The van der Waals surface area contributed by atoms with Crippen molar-refractivity contribution in [3.05, 3.63) is 0 Å². The van der Waals surface area contributed by atoms with E-state index in [0.29, 0.717) is 26.2 Å². The minimum Gasteiger partial charge on any atom is -0.354 e. The minimum absolute atomic E-state index is 0.0139. The number of halogens is 2. The van der Waals surface area contributed by atoms with Gasteiger partial charge in [0.05, 0.1) is 9.65 Å². The molecule has 0 fully saturated rings. The van der Waals surface area contributed by atoms with E-state index in [-0.39, 0.29) is 21.5 Å². The molecule has 0 spiro atoms. The van der Waals surface area contributed by atoms with Gasteiger partial charge in [0, 0.05) is 26.2 Å². The van der Waals surface area contributed by atoms with E-state index in [2.05, 4.69) is 42.5 Å². The fourth-order valence-electron chi connectivity index (χ4n) is 1.70. The third-order valence-corrected chi connectivity index (χ3v) is 4.62. The maximum atomic E-state index is 11.6. The molecular weight excluding hydrogens is 404 g/mol. The molecule has 0 rings (SSSR count). The molecule has 2 unspecified atom stereocenters. The lowest BCUT2D eigenvalue weighted by atomic mass is 10.1. The summed E-state index contributed by atoms with van der Waals surface area (Å²) < 4.78 is 0. The Balaban J connectivity index is 3.62. The molecule has 0 bridgehead atoms. The molecule has 6 nitrogen and oxygen atoms in total. The second-order valence-electron chi connectivity index (χ2n) is 4.73. The fraction of sp³-hybridized carbons (Fsp3) is 0.846. The van der Waals surface area contributed by atoms with Gasteiger partial charge < -0.3 is 22.1 Å². The molecule has 0 saturated carbocycles. The van der Waals surface area contributed by atoms with E-state index in [1.165, 1.54) is 0 Å². The first kappa shape index (κ1) is 20.8. The summed E-state index contributed by atoms with van der Waals surface area (Å²) in [5, 5.41) is 5.49. The summed E-state index contributed by atoms with van der Waals surface area (Å²) in [5.41, 5.74) is 10.7. The van der Waals surface area contributed by atoms with Crippen molar-refractivity contribution in [2.45, 2.75) is 41.8 Å². The van der Waals surface area contributed by atoms with Gasteiger partial charge in [0.15, 0.2) is 0 Å². The maximum Gasteiger partial charge on any atom is 0.233 e. The van der Waals surface area contributed by atoms with Crippen molar-refractivity contribution in [1.82, 2.24) is 10.6 Å². The van der Waals surface area contributed by atoms with Crippen LogP contribution in [0.15, 0.2) is 0 Å². The topological polar surface area (TPSA) is 110 Å². The lowest BCUT2D eigenvalue weighted by Crippen LogP contribution is -2.35. The molecule has 21 heavy (non-hydrogen) atoms. The van der Waals surface area contributed by atoms with Gasteiger partial charge in [-0.05, 0) is 12.8 Å². The molecule has 0 saturated heterocycles. The fourth-order valence-corrected chi connectivity index (χ4v) is 2.67. The highest BCUT2D eigenvalue weighted by Gasteiger charge is 2.15. The highest BCUT2D eigenvalue weighted by atomic mass is 79.9. The molecule has 0 aromatic rings. The molecular formula is C13H26Br2N4O2. The lowest BCUT2D eigenvalue weighted by Gasteiger charge is -2.11. The zero-order chi connectivity index (χ0) is 16.1.